The number of nitrogens with two attached hydrogens (primary N) is 1. The Bertz CT molecular complexity index is 289. The number of halogens is 5. The van der Waals surface area contributed by atoms with Crippen LogP contribution in [0, 0.1) is 0 Å². The zero-order valence-corrected chi connectivity index (χ0v) is 10.1. The molecule has 0 unspecified atom stereocenters. The lowest BCUT2D eigenvalue weighted by Crippen LogP contribution is -2.19. The zero-order chi connectivity index (χ0) is 10.1. The van der Waals surface area contributed by atoms with E-state index in [2.05, 4.69) is 15.9 Å². The Morgan fingerprint density at radius 1 is 1.43 bits per heavy atom. The van der Waals surface area contributed by atoms with Gasteiger partial charge in [-0.1, -0.05) is 0 Å². The summed E-state index contributed by atoms with van der Waals surface area (Å²) in [5.74, 6) is 0. The van der Waals surface area contributed by atoms with Gasteiger partial charge in [0.1, 0.15) is 0 Å². The van der Waals surface area contributed by atoms with Crippen molar-refractivity contribution < 1.29 is 13.2 Å². The Balaban J connectivity index is 0.00000169. The first-order chi connectivity index (χ1) is 5.88. The fourth-order valence-electron chi connectivity index (χ4n) is 0.878. The van der Waals surface area contributed by atoms with Crippen molar-refractivity contribution in [2.75, 3.05) is 0 Å². The molecule has 0 spiro atoms. The van der Waals surface area contributed by atoms with Crippen LogP contribution in [0.15, 0.2) is 15.9 Å². The van der Waals surface area contributed by atoms with E-state index >= 15 is 0 Å². The summed E-state index contributed by atoms with van der Waals surface area (Å²) in [7, 11) is 0. The molecule has 1 heterocycles. The van der Waals surface area contributed by atoms with Gasteiger partial charge in [0.25, 0.3) is 0 Å². The van der Waals surface area contributed by atoms with Gasteiger partial charge in [0.05, 0.1) is 10.2 Å². The topological polar surface area (TPSA) is 26.0 Å². The molecule has 0 radical (unpaired) electrons. The standard InChI is InChI=1S/C7H7BrF3NS.ClH/c8-6-2-1-5(13-6)4(12)3-7(9,10)11;/h1-2,4H,3,12H2;1H/t4-;/m1./s1. The van der Waals surface area contributed by atoms with Gasteiger partial charge in [-0.25, -0.2) is 0 Å². The molecule has 1 aromatic rings. The molecule has 0 aliphatic carbocycles. The smallest absolute Gasteiger partial charge is 0.323 e. The van der Waals surface area contributed by atoms with Crippen LogP contribution < -0.4 is 5.73 Å². The summed E-state index contributed by atoms with van der Waals surface area (Å²) in [6.07, 6.45) is -5.17. The van der Waals surface area contributed by atoms with Gasteiger partial charge in [0, 0.05) is 10.9 Å². The lowest BCUT2D eigenvalue weighted by Gasteiger charge is -2.11. The Hall–Kier alpha value is 0.220. The third-order valence-corrected chi connectivity index (χ3v) is 3.17. The molecule has 14 heavy (non-hydrogen) atoms. The second-order valence-corrected chi connectivity index (χ2v) is 5.06. The third-order valence-electron chi connectivity index (χ3n) is 1.41. The molecule has 0 aromatic carbocycles. The van der Waals surface area contributed by atoms with Crippen molar-refractivity contribution in [3.05, 3.63) is 20.8 Å². The van der Waals surface area contributed by atoms with Crippen molar-refractivity contribution in [1.29, 1.82) is 0 Å². The van der Waals surface area contributed by atoms with Gasteiger partial charge in [-0.15, -0.1) is 23.7 Å². The highest BCUT2D eigenvalue weighted by atomic mass is 79.9. The van der Waals surface area contributed by atoms with Crippen LogP contribution in [-0.2, 0) is 0 Å². The van der Waals surface area contributed by atoms with E-state index in [1.807, 2.05) is 0 Å². The van der Waals surface area contributed by atoms with Crippen LogP contribution in [0.5, 0.6) is 0 Å². The monoisotopic (exact) mass is 309 g/mol. The van der Waals surface area contributed by atoms with Crippen molar-refractivity contribution in [2.24, 2.45) is 5.73 Å². The Morgan fingerprint density at radius 3 is 2.36 bits per heavy atom. The van der Waals surface area contributed by atoms with Gasteiger partial charge in [-0.05, 0) is 28.1 Å². The minimum Gasteiger partial charge on any atom is -0.323 e. The molecule has 1 atom stereocenters. The highest BCUT2D eigenvalue weighted by Gasteiger charge is 2.31. The molecular weight excluding hydrogens is 303 g/mol. The van der Waals surface area contributed by atoms with E-state index in [0.29, 0.717) is 4.88 Å². The third kappa shape index (κ3) is 4.63. The molecule has 0 aliphatic heterocycles. The molecule has 7 heteroatoms. The van der Waals surface area contributed by atoms with Crippen LogP contribution in [0.25, 0.3) is 0 Å². The van der Waals surface area contributed by atoms with Gasteiger partial charge in [-0.3, -0.25) is 0 Å². The van der Waals surface area contributed by atoms with Gasteiger partial charge in [0.2, 0.25) is 0 Å². The van der Waals surface area contributed by atoms with Crippen LogP contribution in [-0.4, -0.2) is 6.18 Å². The molecule has 1 nitrogen and oxygen atoms in total. The summed E-state index contributed by atoms with van der Waals surface area (Å²) in [5.41, 5.74) is 5.36. The lowest BCUT2D eigenvalue weighted by atomic mass is 10.2. The number of thiophene rings is 1. The Morgan fingerprint density at radius 2 is 2.00 bits per heavy atom. The predicted octanol–water partition coefficient (Wildman–Crippen LogP) is 3.88. The van der Waals surface area contributed by atoms with E-state index < -0.39 is 18.6 Å². The summed E-state index contributed by atoms with van der Waals surface area (Å²) in [6, 6.07) is 2.35. The van der Waals surface area contributed by atoms with E-state index in [1.54, 1.807) is 12.1 Å². The molecule has 0 aliphatic rings. The number of alkyl halides is 3. The Labute approximate surface area is 98.0 Å². The van der Waals surface area contributed by atoms with Crippen molar-refractivity contribution in [3.8, 4) is 0 Å². The molecule has 0 amide bonds. The van der Waals surface area contributed by atoms with Gasteiger partial charge >= 0.3 is 6.18 Å². The van der Waals surface area contributed by atoms with Gasteiger partial charge < -0.3 is 5.73 Å². The quantitative estimate of drug-likeness (QED) is 0.881. The summed E-state index contributed by atoms with van der Waals surface area (Å²) < 4.78 is 36.5. The molecule has 2 N–H and O–H groups in total. The van der Waals surface area contributed by atoms with E-state index in [9.17, 15) is 13.2 Å². The van der Waals surface area contributed by atoms with Crippen LogP contribution in [0.4, 0.5) is 13.2 Å². The first-order valence-electron chi connectivity index (χ1n) is 3.46. The van der Waals surface area contributed by atoms with Crippen LogP contribution in [0.1, 0.15) is 17.3 Å². The normalized spacial score (nSPS) is 13.5. The first-order valence-corrected chi connectivity index (χ1v) is 5.07. The second-order valence-electron chi connectivity index (χ2n) is 2.57. The molecule has 0 fully saturated rings. The minimum atomic E-state index is -4.20. The van der Waals surface area contributed by atoms with Gasteiger partial charge in [0.15, 0.2) is 0 Å². The van der Waals surface area contributed by atoms with E-state index in [0.717, 1.165) is 3.79 Å². The summed E-state index contributed by atoms with van der Waals surface area (Å²) >= 11 is 4.39. The van der Waals surface area contributed by atoms with E-state index in [1.165, 1.54) is 11.3 Å². The highest BCUT2D eigenvalue weighted by molar-refractivity contribution is 9.11. The fraction of sp³-hybridized carbons (Fsp3) is 0.429. The first kappa shape index (κ1) is 14.2. The van der Waals surface area contributed by atoms with Crippen molar-refractivity contribution in [3.63, 3.8) is 0 Å². The maximum Gasteiger partial charge on any atom is 0.390 e. The van der Waals surface area contributed by atoms with E-state index in [4.69, 9.17) is 5.73 Å². The summed E-state index contributed by atoms with van der Waals surface area (Å²) in [6.45, 7) is 0. The largest absolute Gasteiger partial charge is 0.390 e. The molecule has 0 saturated heterocycles. The van der Waals surface area contributed by atoms with E-state index in [-0.39, 0.29) is 12.4 Å². The molecule has 0 saturated carbocycles. The minimum absolute atomic E-state index is 0. The van der Waals surface area contributed by atoms with Crippen molar-refractivity contribution in [1.82, 2.24) is 0 Å². The lowest BCUT2D eigenvalue weighted by molar-refractivity contribution is -0.138. The maximum absolute atomic E-state index is 11.9. The van der Waals surface area contributed by atoms with Crippen LogP contribution in [0.3, 0.4) is 0 Å². The summed E-state index contributed by atoms with van der Waals surface area (Å²) in [4.78, 5) is 0.546. The molecule has 0 bridgehead atoms. The summed E-state index contributed by atoms with van der Waals surface area (Å²) in [5, 5.41) is 0. The zero-order valence-electron chi connectivity index (χ0n) is 6.84. The molecule has 82 valence electrons. The van der Waals surface area contributed by atoms with Crippen molar-refractivity contribution >= 4 is 39.7 Å². The fourth-order valence-corrected chi connectivity index (χ4v) is 2.30. The molecule has 1 aromatic heterocycles. The number of rotatable bonds is 2. The average Bonchev–Trinajstić information content (AvgIpc) is 2.31. The van der Waals surface area contributed by atoms with Crippen molar-refractivity contribution in [2.45, 2.75) is 18.6 Å². The SMILES string of the molecule is Cl.N[C@H](CC(F)(F)F)c1ccc(Br)s1. The Kier molecular flexibility index (Phi) is 5.43. The van der Waals surface area contributed by atoms with Crippen LogP contribution >= 0.6 is 39.7 Å². The number of hydrogen-bond donors (Lipinski definition) is 1. The number of hydrogen-bond acceptors (Lipinski definition) is 2. The highest BCUT2D eigenvalue weighted by Crippen LogP contribution is 2.32. The average molecular weight is 311 g/mol. The molecular formula is C7H8BrClF3NS. The second kappa shape index (κ2) is 5.34. The molecule has 1 rings (SSSR count). The maximum atomic E-state index is 11.9. The predicted molar refractivity (Wildman–Crippen MR) is 56.9 cm³/mol. The van der Waals surface area contributed by atoms with Gasteiger partial charge in [-0.2, -0.15) is 13.2 Å². The van der Waals surface area contributed by atoms with Crippen LogP contribution in [0.2, 0.25) is 0 Å².